The lowest BCUT2D eigenvalue weighted by atomic mass is 9.96. The number of aromatic nitrogens is 3. The SMILES string of the molecule is [B]c1cc(C)cnc1Oc1nc(Cl)cn(Cc2ccc(OC)cc2)c1=O. The van der Waals surface area contributed by atoms with Crippen LogP contribution in [0.3, 0.4) is 0 Å². The minimum Gasteiger partial charge on any atom is -0.497 e. The average molecular weight is 368 g/mol. The summed E-state index contributed by atoms with van der Waals surface area (Å²) in [6, 6.07) is 9.05. The molecule has 2 heterocycles. The van der Waals surface area contributed by atoms with Gasteiger partial charge in [-0.05, 0) is 35.6 Å². The maximum absolute atomic E-state index is 12.7. The molecule has 0 saturated heterocycles. The topological polar surface area (TPSA) is 66.2 Å². The van der Waals surface area contributed by atoms with Crippen LogP contribution < -0.4 is 20.5 Å². The molecule has 8 heteroatoms. The Bertz CT molecular complexity index is 990. The normalized spacial score (nSPS) is 10.6. The predicted octanol–water partition coefficient (Wildman–Crippen LogP) is 2.24. The molecule has 0 atom stereocenters. The van der Waals surface area contributed by atoms with E-state index in [4.69, 9.17) is 28.9 Å². The second-order valence-electron chi connectivity index (χ2n) is 5.66. The van der Waals surface area contributed by atoms with Crippen molar-refractivity contribution in [1.82, 2.24) is 14.5 Å². The summed E-state index contributed by atoms with van der Waals surface area (Å²) in [7, 11) is 7.47. The summed E-state index contributed by atoms with van der Waals surface area (Å²) in [5.41, 5.74) is 1.65. The Morgan fingerprint density at radius 2 is 1.96 bits per heavy atom. The third kappa shape index (κ3) is 4.05. The molecule has 0 saturated carbocycles. The first-order valence-electron chi connectivity index (χ1n) is 7.76. The van der Waals surface area contributed by atoms with Gasteiger partial charge in [0.05, 0.1) is 13.7 Å². The second-order valence-corrected chi connectivity index (χ2v) is 6.05. The number of rotatable bonds is 5. The standard InChI is InChI=1S/C18H15BClN3O3/c1-11-7-14(19)16(21-8-11)26-17-18(24)23(10-15(20)22-17)9-12-3-5-13(25-2)6-4-12/h3-8,10H,9H2,1-2H3. The van der Waals surface area contributed by atoms with Crippen molar-refractivity contribution >= 4 is 24.9 Å². The van der Waals surface area contributed by atoms with Crippen molar-refractivity contribution in [3.63, 3.8) is 0 Å². The van der Waals surface area contributed by atoms with E-state index in [9.17, 15) is 4.79 Å². The molecule has 0 aliphatic heterocycles. The van der Waals surface area contributed by atoms with E-state index in [1.165, 1.54) is 10.8 Å². The fraction of sp³-hybridized carbons (Fsp3) is 0.167. The molecule has 3 aromatic rings. The van der Waals surface area contributed by atoms with E-state index in [2.05, 4.69) is 9.97 Å². The van der Waals surface area contributed by atoms with Gasteiger partial charge in [-0.1, -0.05) is 29.8 Å². The molecule has 26 heavy (non-hydrogen) atoms. The van der Waals surface area contributed by atoms with Crippen molar-refractivity contribution < 1.29 is 9.47 Å². The van der Waals surface area contributed by atoms with Gasteiger partial charge >= 0.3 is 5.56 Å². The van der Waals surface area contributed by atoms with Crippen molar-refractivity contribution in [3.8, 4) is 17.5 Å². The smallest absolute Gasteiger partial charge is 0.314 e. The number of hydrogen-bond acceptors (Lipinski definition) is 5. The molecular weight excluding hydrogens is 352 g/mol. The highest BCUT2D eigenvalue weighted by Gasteiger charge is 2.13. The number of pyridine rings is 1. The number of hydrogen-bond donors (Lipinski definition) is 0. The van der Waals surface area contributed by atoms with Crippen LogP contribution in [0.15, 0.2) is 47.5 Å². The lowest BCUT2D eigenvalue weighted by Gasteiger charge is -2.11. The highest BCUT2D eigenvalue weighted by atomic mass is 35.5. The molecule has 3 rings (SSSR count). The first kappa shape index (κ1) is 18.0. The van der Waals surface area contributed by atoms with Gasteiger partial charge in [-0.3, -0.25) is 4.79 Å². The van der Waals surface area contributed by atoms with Crippen molar-refractivity contribution in [2.75, 3.05) is 7.11 Å². The molecule has 6 nitrogen and oxygen atoms in total. The summed E-state index contributed by atoms with van der Waals surface area (Å²) in [4.78, 5) is 20.7. The zero-order valence-corrected chi connectivity index (χ0v) is 15.0. The van der Waals surface area contributed by atoms with Crippen LogP contribution in [0.1, 0.15) is 11.1 Å². The van der Waals surface area contributed by atoms with Gasteiger partial charge in [-0.25, -0.2) is 4.98 Å². The van der Waals surface area contributed by atoms with Crippen LogP contribution in [0.25, 0.3) is 0 Å². The quantitative estimate of drug-likeness (QED) is 0.647. The summed E-state index contributed by atoms with van der Waals surface area (Å²) < 4.78 is 12.0. The van der Waals surface area contributed by atoms with Gasteiger partial charge in [0.15, 0.2) is 0 Å². The van der Waals surface area contributed by atoms with Crippen LogP contribution in [0.5, 0.6) is 17.5 Å². The molecule has 0 aliphatic carbocycles. The molecule has 0 amide bonds. The highest BCUT2D eigenvalue weighted by molar-refractivity contribution is 6.34. The monoisotopic (exact) mass is 367 g/mol. The Labute approximate surface area is 156 Å². The molecule has 2 aromatic heterocycles. The summed E-state index contributed by atoms with van der Waals surface area (Å²) >= 11 is 6.04. The van der Waals surface area contributed by atoms with Gasteiger partial charge < -0.3 is 14.0 Å². The minimum absolute atomic E-state index is 0.110. The predicted molar refractivity (Wildman–Crippen MR) is 100 cm³/mol. The Balaban J connectivity index is 1.91. The molecule has 0 unspecified atom stereocenters. The maximum Gasteiger partial charge on any atom is 0.314 e. The molecule has 0 aliphatic rings. The first-order chi connectivity index (χ1) is 12.5. The van der Waals surface area contributed by atoms with E-state index < -0.39 is 5.56 Å². The Morgan fingerprint density at radius 3 is 2.62 bits per heavy atom. The minimum atomic E-state index is -0.438. The number of nitrogens with zero attached hydrogens (tertiary/aromatic N) is 3. The van der Waals surface area contributed by atoms with E-state index in [-0.39, 0.29) is 16.9 Å². The molecule has 2 radical (unpaired) electrons. The van der Waals surface area contributed by atoms with Crippen molar-refractivity contribution in [2.45, 2.75) is 13.5 Å². The molecule has 0 fully saturated rings. The molecule has 0 spiro atoms. The summed E-state index contributed by atoms with van der Waals surface area (Å²) in [6.07, 6.45) is 3.04. The van der Waals surface area contributed by atoms with Crippen molar-refractivity contribution in [1.29, 1.82) is 0 Å². The Morgan fingerprint density at radius 1 is 1.23 bits per heavy atom. The zero-order valence-electron chi connectivity index (χ0n) is 14.3. The molecule has 1 aromatic carbocycles. The zero-order chi connectivity index (χ0) is 18.7. The van der Waals surface area contributed by atoms with E-state index >= 15 is 0 Å². The Hall–Kier alpha value is -2.80. The van der Waals surface area contributed by atoms with Crippen molar-refractivity contribution in [2.24, 2.45) is 0 Å². The second kappa shape index (κ2) is 7.62. The molecule has 130 valence electrons. The highest BCUT2D eigenvalue weighted by Crippen LogP contribution is 2.16. The third-order valence-corrected chi connectivity index (χ3v) is 3.82. The van der Waals surface area contributed by atoms with Crippen LogP contribution in [0.2, 0.25) is 5.15 Å². The molecule has 0 N–H and O–H groups in total. The lowest BCUT2D eigenvalue weighted by molar-refractivity contribution is 0.414. The van der Waals surface area contributed by atoms with E-state index in [0.29, 0.717) is 12.0 Å². The number of ether oxygens (including phenoxy) is 2. The number of benzene rings is 1. The fourth-order valence-corrected chi connectivity index (χ4v) is 2.55. The lowest BCUT2D eigenvalue weighted by Crippen LogP contribution is -2.24. The van der Waals surface area contributed by atoms with Crippen LogP contribution in [0.4, 0.5) is 0 Å². The molecular formula is C18H15BClN3O3. The van der Waals surface area contributed by atoms with Gasteiger partial charge in [0.1, 0.15) is 18.7 Å². The van der Waals surface area contributed by atoms with E-state index in [1.54, 1.807) is 19.4 Å². The largest absolute Gasteiger partial charge is 0.497 e. The van der Waals surface area contributed by atoms with Gasteiger partial charge in [0.2, 0.25) is 5.88 Å². The van der Waals surface area contributed by atoms with E-state index in [1.807, 2.05) is 31.2 Å². The first-order valence-corrected chi connectivity index (χ1v) is 8.14. The number of aryl methyl sites for hydroxylation is 1. The fourth-order valence-electron chi connectivity index (χ4n) is 2.35. The van der Waals surface area contributed by atoms with Gasteiger partial charge in [-0.2, -0.15) is 4.98 Å². The number of halogens is 1. The molecule has 0 bridgehead atoms. The van der Waals surface area contributed by atoms with Gasteiger partial charge in [-0.15, -0.1) is 0 Å². The Kier molecular flexibility index (Phi) is 5.28. The average Bonchev–Trinajstić information content (AvgIpc) is 2.62. The van der Waals surface area contributed by atoms with Crippen LogP contribution in [-0.4, -0.2) is 29.5 Å². The van der Waals surface area contributed by atoms with Crippen LogP contribution in [0, 0.1) is 6.92 Å². The van der Waals surface area contributed by atoms with Crippen molar-refractivity contribution in [3.05, 3.63) is 69.4 Å². The summed E-state index contributed by atoms with van der Waals surface area (Å²) in [5, 5.41) is 0.124. The summed E-state index contributed by atoms with van der Waals surface area (Å²) in [6.45, 7) is 2.16. The van der Waals surface area contributed by atoms with Crippen LogP contribution in [-0.2, 0) is 6.54 Å². The summed E-state index contributed by atoms with van der Waals surface area (Å²) in [5.74, 6) is 0.659. The maximum atomic E-state index is 12.7. The van der Waals surface area contributed by atoms with Gasteiger partial charge in [0.25, 0.3) is 5.88 Å². The van der Waals surface area contributed by atoms with Crippen LogP contribution >= 0.6 is 11.6 Å². The third-order valence-electron chi connectivity index (χ3n) is 3.64. The number of methoxy groups -OCH3 is 1. The van der Waals surface area contributed by atoms with E-state index in [0.717, 1.165) is 16.9 Å². The van der Waals surface area contributed by atoms with Gasteiger partial charge in [0, 0.05) is 12.4 Å².